The molecule has 3 aromatic rings. The van der Waals surface area contributed by atoms with E-state index in [1.54, 1.807) is 44.3 Å². The molecular weight excluding hydrogens is 354 g/mol. The first-order valence-corrected chi connectivity index (χ1v) is 8.60. The monoisotopic (exact) mass is 371 g/mol. The van der Waals surface area contributed by atoms with Gasteiger partial charge < -0.3 is 14.2 Å². The Labute approximate surface area is 156 Å². The molecule has 3 rings (SSSR count). The molecule has 0 aliphatic carbocycles. The van der Waals surface area contributed by atoms with E-state index in [2.05, 4.69) is 4.98 Å². The van der Waals surface area contributed by atoms with Crippen molar-refractivity contribution >= 4 is 28.5 Å². The number of benzene rings is 2. The summed E-state index contributed by atoms with van der Waals surface area (Å²) < 4.78 is 16.3. The van der Waals surface area contributed by atoms with Gasteiger partial charge in [0.15, 0.2) is 11.9 Å². The predicted molar refractivity (Wildman–Crippen MR) is 100.0 cm³/mol. The van der Waals surface area contributed by atoms with Crippen LogP contribution in [0.25, 0.3) is 10.9 Å². The Morgan fingerprint density at radius 3 is 2.54 bits per heavy atom. The molecule has 6 heteroatoms. The lowest BCUT2D eigenvalue weighted by Crippen LogP contribution is -2.25. The number of pyridine rings is 1. The number of halogens is 1. The van der Waals surface area contributed by atoms with E-state index in [9.17, 15) is 4.79 Å². The Bertz CT molecular complexity index is 911. The second-order valence-electron chi connectivity index (χ2n) is 5.54. The number of fused-ring (bicyclic) bond motifs is 1. The van der Waals surface area contributed by atoms with Gasteiger partial charge in [-0.05, 0) is 44.2 Å². The summed E-state index contributed by atoms with van der Waals surface area (Å²) in [6, 6.07) is 14.5. The van der Waals surface area contributed by atoms with Crippen LogP contribution < -0.4 is 9.47 Å². The molecule has 5 nitrogen and oxygen atoms in total. The van der Waals surface area contributed by atoms with E-state index in [1.807, 2.05) is 24.3 Å². The Kier molecular flexibility index (Phi) is 5.58. The Hall–Kier alpha value is -2.79. The largest absolute Gasteiger partial charge is 0.479 e. The summed E-state index contributed by atoms with van der Waals surface area (Å²) >= 11 is 6.42. The molecule has 1 unspecified atom stereocenters. The van der Waals surface area contributed by atoms with E-state index in [-0.39, 0.29) is 0 Å². The fourth-order valence-electron chi connectivity index (χ4n) is 2.39. The van der Waals surface area contributed by atoms with Gasteiger partial charge in [0.25, 0.3) is 0 Å². The van der Waals surface area contributed by atoms with Crippen LogP contribution in [0.1, 0.15) is 13.8 Å². The van der Waals surface area contributed by atoms with Gasteiger partial charge >= 0.3 is 5.97 Å². The van der Waals surface area contributed by atoms with Crippen molar-refractivity contribution in [2.45, 2.75) is 20.0 Å². The van der Waals surface area contributed by atoms with Gasteiger partial charge in [-0.2, -0.15) is 0 Å². The van der Waals surface area contributed by atoms with Crippen LogP contribution >= 0.6 is 11.6 Å². The van der Waals surface area contributed by atoms with Crippen molar-refractivity contribution in [1.29, 1.82) is 0 Å². The average molecular weight is 372 g/mol. The summed E-state index contributed by atoms with van der Waals surface area (Å²) in [6.45, 7) is 3.71. The number of rotatable bonds is 6. The smallest absolute Gasteiger partial charge is 0.347 e. The van der Waals surface area contributed by atoms with Crippen LogP contribution in [0.3, 0.4) is 0 Å². The lowest BCUT2D eigenvalue weighted by molar-refractivity contribution is -0.150. The molecule has 0 fully saturated rings. The van der Waals surface area contributed by atoms with E-state index in [0.29, 0.717) is 28.9 Å². The molecular formula is C20H18ClNO4. The summed E-state index contributed by atoms with van der Waals surface area (Å²) in [4.78, 5) is 16.0. The third kappa shape index (κ3) is 4.06. The minimum Gasteiger partial charge on any atom is -0.479 e. The molecule has 1 aromatic heterocycles. The highest BCUT2D eigenvalue weighted by Crippen LogP contribution is 2.34. The number of carbonyl (C=O) groups excluding carboxylic acids is 1. The highest BCUT2D eigenvalue weighted by Gasteiger charge is 2.15. The molecule has 1 heterocycles. The zero-order valence-electron chi connectivity index (χ0n) is 14.4. The molecule has 0 amide bonds. The molecule has 0 saturated carbocycles. The fraction of sp³-hybridized carbons (Fsp3) is 0.200. The summed E-state index contributed by atoms with van der Waals surface area (Å²) in [5, 5.41) is 1.33. The molecule has 0 spiro atoms. The molecule has 0 aliphatic rings. The van der Waals surface area contributed by atoms with E-state index in [1.165, 1.54) is 0 Å². The minimum absolute atomic E-state index is 0.319. The van der Waals surface area contributed by atoms with Crippen molar-refractivity contribution in [2.24, 2.45) is 0 Å². The highest BCUT2D eigenvalue weighted by molar-refractivity contribution is 6.36. The van der Waals surface area contributed by atoms with Gasteiger partial charge in [0, 0.05) is 5.39 Å². The maximum absolute atomic E-state index is 11.6. The molecule has 0 N–H and O–H groups in total. The first-order valence-electron chi connectivity index (χ1n) is 8.23. The number of hydrogen-bond donors (Lipinski definition) is 0. The summed E-state index contributed by atoms with van der Waals surface area (Å²) in [5.74, 6) is 1.20. The van der Waals surface area contributed by atoms with Gasteiger partial charge in [-0.25, -0.2) is 4.79 Å². The molecule has 0 saturated heterocycles. The fourth-order valence-corrected chi connectivity index (χ4v) is 2.63. The second-order valence-corrected chi connectivity index (χ2v) is 5.92. The van der Waals surface area contributed by atoms with Gasteiger partial charge in [-0.1, -0.05) is 29.8 Å². The van der Waals surface area contributed by atoms with Crippen LogP contribution in [-0.2, 0) is 9.53 Å². The molecule has 134 valence electrons. The topological polar surface area (TPSA) is 57.7 Å². The van der Waals surface area contributed by atoms with Crippen molar-refractivity contribution < 1.29 is 19.0 Å². The summed E-state index contributed by atoms with van der Waals surface area (Å²) in [5.41, 5.74) is 0.807. The Morgan fingerprint density at radius 1 is 1.12 bits per heavy atom. The normalized spacial score (nSPS) is 11.8. The Morgan fingerprint density at radius 2 is 1.81 bits per heavy atom. The molecule has 1 atom stereocenters. The van der Waals surface area contributed by atoms with Gasteiger partial charge in [0.05, 0.1) is 23.3 Å². The Balaban J connectivity index is 1.72. The number of nitrogens with zero attached hydrogens (tertiary/aromatic N) is 1. The van der Waals surface area contributed by atoms with Crippen molar-refractivity contribution in [3.05, 3.63) is 59.8 Å². The SMILES string of the molecule is CCOC(=O)C(C)Oc1ccc(Oc2cnc3ccccc3c2Cl)cc1. The van der Waals surface area contributed by atoms with Crippen molar-refractivity contribution in [2.75, 3.05) is 6.61 Å². The van der Waals surface area contributed by atoms with Crippen molar-refractivity contribution in [3.63, 3.8) is 0 Å². The molecule has 0 bridgehead atoms. The molecule has 2 aromatic carbocycles. The predicted octanol–water partition coefficient (Wildman–Crippen LogP) is 5.01. The first-order chi connectivity index (χ1) is 12.6. The minimum atomic E-state index is -0.680. The quantitative estimate of drug-likeness (QED) is 0.570. The molecule has 26 heavy (non-hydrogen) atoms. The summed E-state index contributed by atoms with van der Waals surface area (Å²) in [6.07, 6.45) is 0.915. The second kappa shape index (κ2) is 8.06. The van der Waals surface area contributed by atoms with Crippen LogP contribution in [0.4, 0.5) is 0 Å². The van der Waals surface area contributed by atoms with Gasteiger partial charge in [-0.3, -0.25) is 4.98 Å². The maximum atomic E-state index is 11.6. The number of para-hydroxylation sites is 1. The van der Waals surface area contributed by atoms with Crippen LogP contribution in [-0.4, -0.2) is 23.7 Å². The standard InChI is InChI=1S/C20H18ClNO4/c1-3-24-20(23)13(2)25-14-8-10-15(11-9-14)26-18-12-22-17-7-5-4-6-16(17)19(18)21/h4-13H,3H2,1-2H3. The van der Waals surface area contributed by atoms with Crippen LogP contribution in [0.5, 0.6) is 17.2 Å². The lowest BCUT2D eigenvalue weighted by Gasteiger charge is -2.14. The third-order valence-electron chi connectivity index (χ3n) is 3.66. The zero-order chi connectivity index (χ0) is 18.5. The zero-order valence-corrected chi connectivity index (χ0v) is 15.2. The van der Waals surface area contributed by atoms with E-state index < -0.39 is 12.1 Å². The van der Waals surface area contributed by atoms with Gasteiger partial charge in [0.2, 0.25) is 0 Å². The van der Waals surface area contributed by atoms with E-state index >= 15 is 0 Å². The third-order valence-corrected chi connectivity index (χ3v) is 4.05. The highest BCUT2D eigenvalue weighted by atomic mass is 35.5. The number of carbonyl (C=O) groups is 1. The van der Waals surface area contributed by atoms with Crippen LogP contribution in [0, 0.1) is 0 Å². The number of ether oxygens (including phenoxy) is 3. The average Bonchev–Trinajstić information content (AvgIpc) is 2.66. The van der Waals surface area contributed by atoms with Crippen LogP contribution in [0.15, 0.2) is 54.7 Å². The first kappa shape index (κ1) is 18.0. The van der Waals surface area contributed by atoms with Crippen molar-refractivity contribution in [1.82, 2.24) is 4.98 Å². The number of aromatic nitrogens is 1. The molecule has 0 aliphatic heterocycles. The number of esters is 1. The van der Waals surface area contributed by atoms with Crippen LogP contribution in [0.2, 0.25) is 5.02 Å². The van der Waals surface area contributed by atoms with E-state index in [0.717, 1.165) is 10.9 Å². The van der Waals surface area contributed by atoms with Gasteiger partial charge in [-0.15, -0.1) is 0 Å². The lowest BCUT2D eigenvalue weighted by atomic mass is 10.2. The summed E-state index contributed by atoms with van der Waals surface area (Å²) in [7, 11) is 0. The van der Waals surface area contributed by atoms with Crippen molar-refractivity contribution in [3.8, 4) is 17.2 Å². The maximum Gasteiger partial charge on any atom is 0.347 e. The molecule has 0 radical (unpaired) electrons. The number of hydrogen-bond acceptors (Lipinski definition) is 5. The van der Waals surface area contributed by atoms with Gasteiger partial charge in [0.1, 0.15) is 11.5 Å². The van der Waals surface area contributed by atoms with E-state index in [4.69, 9.17) is 25.8 Å².